The van der Waals surface area contributed by atoms with Crippen molar-refractivity contribution in [3.05, 3.63) is 51.8 Å². The van der Waals surface area contributed by atoms with Crippen LogP contribution in [-0.4, -0.2) is 8.07 Å². The SMILES string of the molecule is C=C(C(=C)[Si](C)(C)C)c1cccc(I)c1. The molecule has 0 heterocycles. The van der Waals surface area contributed by atoms with Crippen LogP contribution < -0.4 is 0 Å². The first-order valence-corrected chi connectivity index (χ1v) is 9.55. The average Bonchev–Trinajstić information content (AvgIpc) is 2.14. The first kappa shape index (κ1) is 12.7. The van der Waals surface area contributed by atoms with Crippen molar-refractivity contribution in [2.24, 2.45) is 0 Å². The molecular weight excluding hydrogens is 311 g/mol. The normalized spacial score (nSPS) is 11.2. The van der Waals surface area contributed by atoms with Gasteiger partial charge in [0, 0.05) is 3.57 Å². The summed E-state index contributed by atoms with van der Waals surface area (Å²) in [5.74, 6) is 0. The lowest BCUT2D eigenvalue weighted by Gasteiger charge is -2.21. The second-order valence-corrected chi connectivity index (χ2v) is 11.1. The molecule has 0 N–H and O–H groups in total. The van der Waals surface area contributed by atoms with Crippen LogP contribution in [0.25, 0.3) is 5.57 Å². The molecule has 0 bridgehead atoms. The zero-order valence-corrected chi connectivity index (χ0v) is 12.8. The van der Waals surface area contributed by atoms with E-state index in [1.165, 1.54) is 14.3 Å². The molecule has 0 fully saturated rings. The predicted octanol–water partition coefficient (Wildman–Crippen LogP) is 4.74. The molecule has 0 aliphatic heterocycles. The Balaban J connectivity index is 3.01. The molecule has 15 heavy (non-hydrogen) atoms. The first-order chi connectivity index (χ1) is 6.82. The van der Waals surface area contributed by atoms with E-state index in [0.29, 0.717) is 0 Å². The largest absolute Gasteiger partial charge is 0.0992 e. The van der Waals surface area contributed by atoms with Gasteiger partial charge in [-0.05, 0) is 45.9 Å². The van der Waals surface area contributed by atoms with E-state index in [-0.39, 0.29) is 0 Å². The summed E-state index contributed by atoms with van der Waals surface area (Å²) in [6, 6.07) is 8.43. The fraction of sp³-hybridized carbons (Fsp3) is 0.231. The van der Waals surface area contributed by atoms with Crippen LogP contribution in [0.1, 0.15) is 5.56 Å². The van der Waals surface area contributed by atoms with Gasteiger partial charge in [-0.25, -0.2) is 0 Å². The highest BCUT2D eigenvalue weighted by Crippen LogP contribution is 2.28. The molecule has 1 aromatic rings. The molecule has 0 nitrogen and oxygen atoms in total. The lowest BCUT2D eigenvalue weighted by molar-refractivity contribution is 1.56. The van der Waals surface area contributed by atoms with Crippen LogP contribution >= 0.6 is 22.6 Å². The van der Waals surface area contributed by atoms with Gasteiger partial charge in [0.2, 0.25) is 0 Å². The van der Waals surface area contributed by atoms with E-state index < -0.39 is 8.07 Å². The quantitative estimate of drug-likeness (QED) is 0.427. The van der Waals surface area contributed by atoms with Gasteiger partial charge in [-0.1, -0.05) is 50.1 Å². The van der Waals surface area contributed by atoms with Gasteiger partial charge in [0.15, 0.2) is 0 Å². The van der Waals surface area contributed by atoms with Crippen LogP contribution in [0.5, 0.6) is 0 Å². The van der Waals surface area contributed by atoms with Crippen molar-refractivity contribution >= 4 is 36.2 Å². The molecule has 0 unspecified atom stereocenters. The Hall–Kier alpha value is -0.353. The summed E-state index contributed by atoms with van der Waals surface area (Å²) >= 11 is 2.32. The number of halogens is 1. The van der Waals surface area contributed by atoms with Crippen molar-refractivity contribution < 1.29 is 0 Å². The Kier molecular flexibility index (Phi) is 3.95. The fourth-order valence-electron chi connectivity index (χ4n) is 1.30. The first-order valence-electron chi connectivity index (χ1n) is 4.97. The van der Waals surface area contributed by atoms with E-state index in [9.17, 15) is 0 Å². The number of benzene rings is 1. The van der Waals surface area contributed by atoms with Gasteiger partial charge in [0.05, 0.1) is 8.07 Å². The standard InChI is InChI=1S/C13H17ISi/c1-10(11(2)15(3,4)5)12-7-6-8-13(14)9-12/h6-9H,1-2H2,3-5H3. The minimum absolute atomic E-state index is 1.10. The van der Waals surface area contributed by atoms with E-state index in [1.54, 1.807) is 0 Å². The summed E-state index contributed by atoms with van der Waals surface area (Å²) in [5.41, 5.74) is 2.31. The van der Waals surface area contributed by atoms with E-state index in [0.717, 1.165) is 5.57 Å². The third kappa shape index (κ3) is 3.31. The van der Waals surface area contributed by atoms with E-state index in [4.69, 9.17) is 0 Å². The summed E-state index contributed by atoms with van der Waals surface area (Å²) in [7, 11) is -1.32. The maximum absolute atomic E-state index is 4.19. The van der Waals surface area contributed by atoms with Crippen molar-refractivity contribution in [1.82, 2.24) is 0 Å². The lowest BCUT2D eigenvalue weighted by atomic mass is 10.1. The van der Waals surface area contributed by atoms with Gasteiger partial charge in [-0.2, -0.15) is 0 Å². The third-order valence-electron chi connectivity index (χ3n) is 2.44. The van der Waals surface area contributed by atoms with Crippen LogP contribution in [0.2, 0.25) is 19.6 Å². The Morgan fingerprint density at radius 3 is 2.27 bits per heavy atom. The maximum atomic E-state index is 4.19. The molecule has 0 amide bonds. The molecule has 0 saturated carbocycles. The van der Waals surface area contributed by atoms with Crippen LogP contribution in [0, 0.1) is 3.57 Å². The Morgan fingerprint density at radius 2 is 1.80 bits per heavy atom. The van der Waals surface area contributed by atoms with Crippen molar-refractivity contribution in [1.29, 1.82) is 0 Å². The molecule has 0 atom stereocenters. The highest BCUT2D eigenvalue weighted by atomic mass is 127. The van der Waals surface area contributed by atoms with Crippen molar-refractivity contribution in [2.75, 3.05) is 0 Å². The zero-order valence-electron chi connectivity index (χ0n) is 9.60. The fourth-order valence-corrected chi connectivity index (χ4v) is 2.90. The van der Waals surface area contributed by atoms with Crippen molar-refractivity contribution in [2.45, 2.75) is 19.6 Å². The Morgan fingerprint density at radius 1 is 1.20 bits per heavy atom. The highest BCUT2D eigenvalue weighted by molar-refractivity contribution is 14.1. The summed E-state index contributed by atoms with van der Waals surface area (Å²) in [6.45, 7) is 15.3. The molecule has 0 aliphatic rings. The monoisotopic (exact) mass is 328 g/mol. The maximum Gasteiger partial charge on any atom is 0.0776 e. The number of rotatable bonds is 3. The molecule has 0 spiro atoms. The second-order valence-electron chi connectivity index (χ2n) is 4.72. The molecule has 0 aromatic heterocycles. The molecule has 0 radical (unpaired) electrons. The number of allylic oxidation sites excluding steroid dienone is 2. The zero-order chi connectivity index (χ0) is 11.6. The summed E-state index contributed by atoms with van der Waals surface area (Å²) in [5, 5.41) is 1.24. The lowest BCUT2D eigenvalue weighted by Crippen LogP contribution is -2.23. The predicted molar refractivity (Wildman–Crippen MR) is 80.7 cm³/mol. The number of hydrogen-bond donors (Lipinski definition) is 0. The van der Waals surface area contributed by atoms with Crippen LogP contribution in [-0.2, 0) is 0 Å². The minimum Gasteiger partial charge on any atom is -0.0992 e. The minimum atomic E-state index is -1.32. The van der Waals surface area contributed by atoms with Gasteiger partial charge < -0.3 is 0 Å². The van der Waals surface area contributed by atoms with E-state index >= 15 is 0 Å². The molecule has 0 saturated heterocycles. The molecule has 1 rings (SSSR count). The third-order valence-corrected chi connectivity index (χ3v) is 5.23. The smallest absolute Gasteiger partial charge is 0.0776 e. The molecular formula is C13H17ISi. The van der Waals surface area contributed by atoms with Gasteiger partial charge in [0.25, 0.3) is 0 Å². The average molecular weight is 328 g/mol. The molecule has 0 aliphatic carbocycles. The summed E-state index contributed by atoms with van der Waals surface area (Å²) in [4.78, 5) is 0. The summed E-state index contributed by atoms with van der Waals surface area (Å²) < 4.78 is 1.25. The van der Waals surface area contributed by atoms with Gasteiger partial charge in [-0.3, -0.25) is 0 Å². The van der Waals surface area contributed by atoms with Crippen LogP contribution in [0.15, 0.2) is 42.6 Å². The topological polar surface area (TPSA) is 0 Å². The van der Waals surface area contributed by atoms with Crippen LogP contribution in [0.4, 0.5) is 0 Å². The molecule has 1 aromatic carbocycles. The van der Waals surface area contributed by atoms with Crippen molar-refractivity contribution in [3.63, 3.8) is 0 Å². The Bertz CT molecular complexity index is 399. The van der Waals surface area contributed by atoms with E-state index in [1.807, 2.05) is 0 Å². The van der Waals surface area contributed by atoms with Gasteiger partial charge in [0.1, 0.15) is 0 Å². The van der Waals surface area contributed by atoms with E-state index in [2.05, 4.69) is 79.7 Å². The Labute approximate surface area is 107 Å². The van der Waals surface area contributed by atoms with Crippen LogP contribution in [0.3, 0.4) is 0 Å². The summed E-state index contributed by atoms with van der Waals surface area (Å²) in [6.07, 6.45) is 0. The second kappa shape index (κ2) is 4.66. The van der Waals surface area contributed by atoms with Gasteiger partial charge >= 0.3 is 0 Å². The highest BCUT2D eigenvalue weighted by Gasteiger charge is 2.20. The van der Waals surface area contributed by atoms with Gasteiger partial charge in [-0.15, -0.1) is 0 Å². The number of hydrogen-bond acceptors (Lipinski definition) is 0. The molecule has 80 valence electrons. The molecule has 2 heteroatoms. The van der Waals surface area contributed by atoms with Crippen molar-refractivity contribution in [3.8, 4) is 0 Å².